The molecule has 0 nitrogen and oxygen atoms in total. The normalized spacial score (nSPS) is 18.0. The Kier molecular flexibility index (Phi) is 5.46. The maximum absolute atomic E-state index is 12.0. The Hall–Kier alpha value is 1.10. The van der Waals surface area contributed by atoms with E-state index >= 15 is 0 Å². The minimum atomic E-state index is -4.23. The van der Waals surface area contributed by atoms with Gasteiger partial charge in [-0.1, -0.05) is 22.6 Å². The Balaban J connectivity index is 4.16. The van der Waals surface area contributed by atoms with Crippen molar-refractivity contribution in [2.45, 2.75) is 10.1 Å². The zero-order valence-electron chi connectivity index (χ0n) is 5.34. The quantitative estimate of drug-likeness (QED) is 0.552. The highest BCUT2D eigenvalue weighted by Gasteiger charge is 2.42. The Bertz CT molecular complexity index is 117. The van der Waals surface area contributed by atoms with Gasteiger partial charge in [-0.3, -0.25) is 0 Å². The van der Waals surface area contributed by atoms with Crippen LogP contribution < -0.4 is 0 Å². The maximum Gasteiger partial charge on any atom is 0.394 e. The highest BCUT2D eigenvalue weighted by Crippen LogP contribution is 2.33. The molecular formula is C5H6Cl2F3I. The molecule has 0 radical (unpaired) electrons. The minimum Gasteiger partial charge on any atom is -0.171 e. The SMILES string of the molecule is FC(F)(F)C(CCl)C(I)CCl. The van der Waals surface area contributed by atoms with Crippen LogP contribution in [0.5, 0.6) is 0 Å². The van der Waals surface area contributed by atoms with Gasteiger partial charge in [0.2, 0.25) is 0 Å². The Morgan fingerprint density at radius 3 is 1.73 bits per heavy atom. The van der Waals surface area contributed by atoms with E-state index in [2.05, 4.69) is 0 Å². The topological polar surface area (TPSA) is 0 Å². The van der Waals surface area contributed by atoms with Gasteiger partial charge in [-0.15, -0.1) is 23.2 Å². The lowest BCUT2D eigenvalue weighted by Crippen LogP contribution is -2.33. The molecule has 0 spiro atoms. The molecule has 0 aromatic carbocycles. The van der Waals surface area contributed by atoms with Crippen molar-refractivity contribution in [3.63, 3.8) is 0 Å². The number of halogens is 6. The van der Waals surface area contributed by atoms with Gasteiger partial charge in [-0.25, -0.2) is 0 Å². The number of alkyl halides is 6. The molecule has 0 saturated carbocycles. The van der Waals surface area contributed by atoms with Crippen molar-refractivity contribution in [3.05, 3.63) is 0 Å². The van der Waals surface area contributed by atoms with E-state index in [1.54, 1.807) is 22.6 Å². The van der Waals surface area contributed by atoms with Gasteiger partial charge in [-0.2, -0.15) is 13.2 Å². The van der Waals surface area contributed by atoms with Gasteiger partial charge >= 0.3 is 6.18 Å². The molecule has 0 aliphatic rings. The van der Waals surface area contributed by atoms with Crippen LogP contribution in [0.1, 0.15) is 0 Å². The van der Waals surface area contributed by atoms with Crippen LogP contribution in [0.3, 0.4) is 0 Å². The summed E-state index contributed by atoms with van der Waals surface area (Å²) in [4.78, 5) is 0. The summed E-state index contributed by atoms with van der Waals surface area (Å²) in [7, 11) is 0. The molecule has 0 aromatic heterocycles. The third-order valence-electron chi connectivity index (χ3n) is 1.17. The number of hydrogen-bond acceptors (Lipinski definition) is 0. The van der Waals surface area contributed by atoms with Crippen molar-refractivity contribution < 1.29 is 13.2 Å². The maximum atomic E-state index is 12.0. The fourth-order valence-corrected chi connectivity index (χ4v) is 2.06. The molecule has 0 heterocycles. The van der Waals surface area contributed by atoms with Crippen LogP contribution in [0.2, 0.25) is 0 Å². The predicted molar refractivity (Wildman–Crippen MR) is 48.8 cm³/mol. The molecule has 11 heavy (non-hydrogen) atoms. The molecule has 0 aliphatic heterocycles. The van der Waals surface area contributed by atoms with Crippen molar-refractivity contribution in [1.29, 1.82) is 0 Å². The van der Waals surface area contributed by atoms with Crippen LogP contribution in [-0.2, 0) is 0 Å². The second kappa shape index (κ2) is 4.97. The van der Waals surface area contributed by atoms with Gasteiger partial charge in [0, 0.05) is 15.7 Å². The second-order valence-electron chi connectivity index (χ2n) is 1.97. The average molecular weight is 321 g/mol. The van der Waals surface area contributed by atoms with Crippen LogP contribution in [0.4, 0.5) is 13.2 Å². The summed E-state index contributed by atoms with van der Waals surface area (Å²) in [6.07, 6.45) is -4.23. The van der Waals surface area contributed by atoms with Gasteiger partial charge in [0.25, 0.3) is 0 Å². The summed E-state index contributed by atoms with van der Waals surface area (Å²) in [5.74, 6) is -1.95. The minimum absolute atomic E-state index is 0.0303. The smallest absolute Gasteiger partial charge is 0.171 e. The average Bonchev–Trinajstić information content (AvgIpc) is 1.86. The van der Waals surface area contributed by atoms with E-state index in [4.69, 9.17) is 23.2 Å². The molecule has 0 N–H and O–H groups in total. The standard InChI is InChI=1S/C5H6Cl2F3I/c6-1-3(4(11)2-7)5(8,9)10/h3-4H,1-2H2. The molecule has 2 atom stereocenters. The molecule has 0 amide bonds. The monoisotopic (exact) mass is 320 g/mol. The van der Waals surface area contributed by atoms with Crippen molar-refractivity contribution in [1.82, 2.24) is 0 Å². The Labute approximate surface area is 86.6 Å². The van der Waals surface area contributed by atoms with Gasteiger partial charge in [0.1, 0.15) is 0 Å². The molecule has 6 heteroatoms. The fourth-order valence-electron chi connectivity index (χ4n) is 0.497. The first kappa shape index (κ1) is 12.1. The zero-order valence-corrected chi connectivity index (χ0v) is 9.01. The Morgan fingerprint density at radius 1 is 1.18 bits per heavy atom. The van der Waals surface area contributed by atoms with Gasteiger partial charge < -0.3 is 0 Å². The van der Waals surface area contributed by atoms with Gasteiger partial charge in [0.15, 0.2) is 0 Å². The van der Waals surface area contributed by atoms with E-state index < -0.39 is 21.9 Å². The third-order valence-corrected chi connectivity index (χ3v) is 3.66. The number of rotatable bonds is 3. The highest BCUT2D eigenvalue weighted by atomic mass is 127. The molecule has 0 fully saturated rings. The third kappa shape index (κ3) is 4.03. The van der Waals surface area contributed by atoms with Crippen LogP contribution in [0.15, 0.2) is 0 Å². The fraction of sp³-hybridized carbons (Fsp3) is 1.00. The van der Waals surface area contributed by atoms with Crippen LogP contribution in [-0.4, -0.2) is 21.9 Å². The molecule has 0 aliphatic carbocycles. The summed E-state index contributed by atoms with van der Waals surface area (Å²) in [5.41, 5.74) is 0. The largest absolute Gasteiger partial charge is 0.394 e. The van der Waals surface area contributed by atoms with E-state index in [0.717, 1.165) is 0 Å². The van der Waals surface area contributed by atoms with E-state index in [-0.39, 0.29) is 5.88 Å². The first-order chi connectivity index (χ1) is 4.93. The molecule has 0 saturated heterocycles. The lowest BCUT2D eigenvalue weighted by molar-refractivity contribution is -0.166. The van der Waals surface area contributed by atoms with Crippen molar-refractivity contribution in [3.8, 4) is 0 Å². The van der Waals surface area contributed by atoms with Crippen molar-refractivity contribution in [2.24, 2.45) is 5.92 Å². The first-order valence-electron chi connectivity index (χ1n) is 2.76. The summed E-state index contributed by atoms with van der Waals surface area (Å²) < 4.78 is 35.4. The summed E-state index contributed by atoms with van der Waals surface area (Å²) in [5, 5.41) is 0. The summed E-state index contributed by atoms with van der Waals surface area (Å²) in [6.45, 7) is 0. The van der Waals surface area contributed by atoms with E-state index in [9.17, 15) is 13.2 Å². The van der Waals surface area contributed by atoms with Crippen molar-refractivity contribution >= 4 is 45.8 Å². The van der Waals surface area contributed by atoms with E-state index in [1.165, 1.54) is 0 Å². The van der Waals surface area contributed by atoms with Crippen LogP contribution >= 0.6 is 45.8 Å². The second-order valence-corrected chi connectivity index (χ2v) is 4.19. The molecule has 2 unspecified atom stereocenters. The molecular weight excluding hydrogens is 315 g/mol. The Morgan fingerprint density at radius 2 is 1.64 bits per heavy atom. The van der Waals surface area contributed by atoms with Crippen molar-refractivity contribution in [2.75, 3.05) is 11.8 Å². The molecule has 0 bridgehead atoms. The lowest BCUT2D eigenvalue weighted by Gasteiger charge is -2.20. The van der Waals surface area contributed by atoms with Crippen LogP contribution in [0, 0.1) is 5.92 Å². The first-order valence-corrected chi connectivity index (χ1v) is 5.07. The predicted octanol–water partition coefficient (Wildman–Crippen LogP) is 3.45. The molecule has 0 rings (SSSR count). The molecule has 0 aromatic rings. The van der Waals surface area contributed by atoms with Gasteiger partial charge in [-0.05, 0) is 0 Å². The van der Waals surface area contributed by atoms with E-state index in [0.29, 0.717) is 0 Å². The highest BCUT2D eigenvalue weighted by molar-refractivity contribution is 14.1. The van der Waals surface area contributed by atoms with E-state index in [1.807, 2.05) is 0 Å². The zero-order chi connectivity index (χ0) is 9.07. The number of hydrogen-bond donors (Lipinski definition) is 0. The summed E-state index contributed by atoms with van der Waals surface area (Å²) >= 11 is 12.1. The van der Waals surface area contributed by atoms with Crippen LogP contribution in [0.25, 0.3) is 0 Å². The molecule has 68 valence electrons. The van der Waals surface area contributed by atoms with Gasteiger partial charge in [0.05, 0.1) is 5.92 Å². The lowest BCUT2D eigenvalue weighted by atomic mass is 10.1. The summed E-state index contributed by atoms with van der Waals surface area (Å²) in [6, 6.07) is 0.